The first-order valence-electron chi connectivity index (χ1n) is 13.1. The van der Waals surface area contributed by atoms with Crippen molar-refractivity contribution in [2.75, 3.05) is 0 Å². The Hall–Kier alpha value is -4.72. The van der Waals surface area contributed by atoms with E-state index in [9.17, 15) is 29.1 Å². The number of carboxylic acids is 2. The molecule has 9 N–H and O–H groups in total. The van der Waals surface area contributed by atoms with Gasteiger partial charge in [0.05, 0.1) is 12.4 Å². The Balaban J connectivity index is 1.72. The molecule has 0 saturated carbocycles. The fourth-order valence-corrected chi connectivity index (χ4v) is 4.31. The van der Waals surface area contributed by atoms with Gasteiger partial charge in [0.1, 0.15) is 18.1 Å². The minimum Gasteiger partial charge on any atom is -0.481 e. The molecule has 3 aromatic rings. The molecule has 14 heteroatoms. The molecule has 0 spiro atoms. The number of aromatic nitrogens is 3. The molecule has 0 saturated heterocycles. The van der Waals surface area contributed by atoms with Crippen LogP contribution in [0.2, 0.25) is 0 Å². The molecule has 3 rings (SSSR count). The largest absolute Gasteiger partial charge is 0.481 e. The highest BCUT2D eigenvalue weighted by Crippen LogP contribution is 2.19. The van der Waals surface area contributed by atoms with E-state index < -0.39 is 66.2 Å². The van der Waals surface area contributed by atoms with E-state index in [2.05, 4.69) is 30.9 Å². The number of aliphatic carboxylic acids is 2. The van der Waals surface area contributed by atoms with Gasteiger partial charge in [0.15, 0.2) is 0 Å². The molecule has 4 unspecified atom stereocenters. The summed E-state index contributed by atoms with van der Waals surface area (Å²) in [6.07, 6.45) is 4.11. The number of H-pyrrole nitrogens is 2. The number of nitrogens with zero attached hydrogens (tertiary/aromatic N) is 1. The molecular formula is C27H35N7O7. The Kier molecular flexibility index (Phi) is 10.6. The van der Waals surface area contributed by atoms with Crippen LogP contribution in [-0.4, -0.2) is 79.0 Å². The summed E-state index contributed by atoms with van der Waals surface area (Å²) in [5.41, 5.74) is 8.49. The molecule has 0 radical (unpaired) electrons. The number of rotatable bonds is 15. The number of carboxylic acid groups (broad SMARTS) is 2. The van der Waals surface area contributed by atoms with Gasteiger partial charge in [-0.15, -0.1) is 0 Å². The van der Waals surface area contributed by atoms with Crippen molar-refractivity contribution in [3.8, 4) is 0 Å². The second-order valence-corrected chi connectivity index (χ2v) is 10.1. The Bertz CT molecular complexity index is 1370. The topological polar surface area (TPSA) is 232 Å². The molecule has 14 nitrogen and oxygen atoms in total. The summed E-state index contributed by atoms with van der Waals surface area (Å²) in [5, 5.41) is 26.8. The third-order valence-corrected chi connectivity index (χ3v) is 6.57. The quantitative estimate of drug-likeness (QED) is 0.123. The molecule has 2 aromatic heterocycles. The minimum atomic E-state index is -1.46. The van der Waals surface area contributed by atoms with E-state index in [1.807, 2.05) is 24.3 Å². The van der Waals surface area contributed by atoms with Crippen molar-refractivity contribution in [2.45, 2.75) is 63.7 Å². The van der Waals surface area contributed by atoms with Crippen molar-refractivity contribution >= 4 is 40.6 Å². The average molecular weight is 570 g/mol. The number of hydrogen-bond donors (Lipinski definition) is 8. The molecule has 0 fully saturated rings. The van der Waals surface area contributed by atoms with Gasteiger partial charge in [0, 0.05) is 41.8 Å². The number of hydrogen-bond acceptors (Lipinski definition) is 7. The molecule has 3 amide bonds. The molecule has 41 heavy (non-hydrogen) atoms. The number of carbonyl (C=O) groups excluding carboxylic acids is 3. The van der Waals surface area contributed by atoms with Crippen LogP contribution in [0.15, 0.2) is 43.0 Å². The van der Waals surface area contributed by atoms with Crippen molar-refractivity contribution in [1.29, 1.82) is 0 Å². The van der Waals surface area contributed by atoms with Gasteiger partial charge in [-0.1, -0.05) is 32.0 Å². The molecule has 0 aliphatic carbocycles. The van der Waals surface area contributed by atoms with Gasteiger partial charge in [0.25, 0.3) is 0 Å². The SMILES string of the molecule is CC(C)C(NC(=O)C(Cc1cnc[nH]1)NC(=O)C(N)Cc1c[nH]c2ccccc12)C(=O)NC(CCC(=O)O)C(=O)O. The van der Waals surface area contributed by atoms with Crippen molar-refractivity contribution in [3.05, 3.63) is 54.2 Å². The fraction of sp³-hybridized carbons (Fsp3) is 0.407. The monoisotopic (exact) mass is 569 g/mol. The van der Waals surface area contributed by atoms with Gasteiger partial charge >= 0.3 is 11.9 Å². The van der Waals surface area contributed by atoms with E-state index in [0.717, 1.165) is 16.5 Å². The molecule has 4 atom stereocenters. The van der Waals surface area contributed by atoms with Crippen LogP contribution in [0.5, 0.6) is 0 Å². The average Bonchev–Trinajstić information content (AvgIpc) is 3.58. The van der Waals surface area contributed by atoms with Crippen molar-refractivity contribution in [2.24, 2.45) is 11.7 Å². The van der Waals surface area contributed by atoms with Crippen LogP contribution >= 0.6 is 0 Å². The van der Waals surface area contributed by atoms with Gasteiger partial charge < -0.3 is 41.9 Å². The normalized spacial score (nSPS) is 14.1. The zero-order valence-corrected chi connectivity index (χ0v) is 22.7. The third kappa shape index (κ3) is 8.63. The zero-order valence-electron chi connectivity index (χ0n) is 22.7. The maximum Gasteiger partial charge on any atom is 0.326 e. The number of carbonyl (C=O) groups is 5. The van der Waals surface area contributed by atoms with Crippen LogP contribution in [-0.2, 0) is 36.8 Å². The minimum absolute atomic E-state index is 0.0141. The highest BCUT2D eigenvalue weighted by Gasteiger charge is 2.32. The Morgan fingerprint density at radius 3 is 2.27 bits per heavy atom. The number of nitrogens with two attached hydrogens (primary N) is 1. The van der Waals surface area contributed by atoms with Gasteiger partial charge in [-0.2, -0.15) is 0 Å². The van der Waals surface area contributed by atoms with E-state index >= 15 is 0 Å². The molecule has 1 aromatic carbocycles. The van der Waals surface area contributed by atoms with E-state index in [4.69, 9.17) is 10.8 Å². The van der Waals surface area contributed by atoms with E-state index in [-0.39, 0.29) is 19.3 Å². The van der Waals surface area contributed by atoms with Crippen LogP contribution in [0, 0.1) is 5.92 Å². The smallest absolute Gasteiger partial charge is 0.326 e. The molecule has 0 aliphatic heterocycles. The number of benzene rings is 1. The number of nitrogens with one attached hydrogen (secondary N) is 5. The molecular weight excluding hydrogens is 534 g/mol. The zero-order chi connectivity index (χ0) is 30.1. The number of imidazole rings is 1. The van der Waals surface area contributed by atoms with Crippen LogP contribution in [0.1, 0.15) is 37.9 Å². The second-order valence-electron chi connectivity index (χ2n) is 10.1. The lowest BCUT2D eigenvalue weighted by molar-refractivity contribution is -0.143. The standard InChI is InChI=1S/C27H35N7O7/c1-14(2)23(26(39)32-20(27(40)41)7-8-22(35)36)34-25(38)21(10-16-12-29-13-31-16)33-24(37)18(28)9-15-11-30-19-6-4-3-5-17(15)19/h3-6,11-14,18,20-21,23,30H,7-10,28H2,1-2H3,(H,29,31)(H,32,39)(H,33,37)(H,34,38)(H,35,36)(H,40,41). The molecule has 0 aliphatic rings. The Morgan fingerprint density at radius 2 is 1.63 bits per heavy atom. The summed E-state index contributed by atoms with van der Waals surface area (Å²) in [6.45, 7) is 3.30. The summed E-state index contributed by atoms with van der Waals surface area (Å²) in [4.78, 5) is 71.8. The van der Waals surface area contributed by atoms with Gasteiger partial charge in [0.2, 0.25) is 17.7 Å². The number of aromatic amines is 2. The van der Waals surface area contributed by atoms with Gasteiger partial charge in [-0.3, -0.25) is 19.2 Å². The van der Waals surface area contributed by atoms with Crippen molar-refractivity contribution in [3.63, 3.8) is 0 Å². The van der Waals surface area contributed by atoms with Crippen LogP contribution in [0.4, 0.5) is 0 Å². The van der Waals surface area contributed by atoms with Crippen molar-refractivity contribution in [1.82, 2.24) is 30.9 Å². The van der Waals surface area contributed by atoms with Crippen LogP contribution < -0.4 is 21.7 Å². The summed E-state index contributed by atoms with van der Waals surface area (Å²) in [5.74, 6) is -5.16. The van der Waals surface area contributed by atoms with E-state index in [1.54, 1.807) is 20.0 Å². The third-order valence-electron chi connectivity index (χ3n) is 6.57. The first-order valence-corrected chi connectivity index (χ1v) is 13.1. The van der Waals surface area contributed by atoms with E-state index in [1.165, 1.54) is 12.5 Å². The van der Waals surface area contributed by atoms with Gasteiger partial charge in [-0.25, -0.2) is 9.78 Å². The predicted octanol–water partition coefficient (Wildman–Crippen LogP) is 0.0633. The van der Waals surface area contributed by atoms with Crippen molar-refractivity contribution < 1.29 is 34.2 Å². The number of fused-ring (bicyclic) bond motifs is 1. The lowest BCUT2D eigenvalue weighted by Crippen LogP contribution is -2.59. The van der Waals surface area contributed by atoms with Crippen LogP contribution in [0.3, 0.4) is 0 Å². The maximum atomic E-state index is 13.4. The highest BCUT2D eigenvalue weighted by molar-refractivity contribution is 5.94. The highest BCUT2D eigenvalue weighted by atomic mass is 16.4. The first kappa shape index (κ1) is 30.8. The Morgan fingerprint density at radius 1 is 0.927 bits per heavy atom. The van der Waals surface area contributed by atoms with Crippen LogP contribution in [0.25, 0.3) is 10.9 Å². The van der Waals surface area contributed by atoms with Gasteiger partial charge in [-0.05, 0) is 30.4 Å². The summed E-state index contributed by atoms with van der Waals surface area (Å²) < 4.78 is 0. The van der Waals surface area contributed by atoms with E-state index in [0.29, 0.717) is 5.69 Å². The first-order chi connectivity index (χ1) is 19.5. The summed E-state index contributed by atoms with van der Waals surface area (Å²) in [7, 11) is 0. The predicted molar refractivity (Wildman–Crippen MR) is 147 cm³/mol. The molecule has 0 bridgehead atoms. The molecule has 220 valence electrons. The second kappa shape index (κ2) is 14.1. The number of para-hydroxylation sites is 1. The lowest BCUT2D eigenvalue weighted by atomic mass is 10.0. The maximum absolute atomic E-state index is 13.4. The summed E-state index contributed by atoms with van der Waals surface area (Å²) >= 11 is 0. The Labute approximate surface area is 235 Å². The number of amides is 3. The lowest BCUT2D eigenvalue weighted by Gasteiger charge is -2.27. The molecule has 2 heterocycles. The fourth-order valence-electron chi connectivity index (χ4n) is 4.31. The summed E-state index contributed by atoms with van der Waals surface area (Å²) in [6, 6.07) is 2.82.